The molecular weight excluding hydrogens is 542 g/mol. The fourth-order valence-corrected chi connectivity index (χ4v) is 4.53. The highest BCUT2D eigenvalue weighted by atomic mass is 35.5. The van der Waals surface area contributed by atoms with Crippen molar-refractivity contribution in [2.45, 2.75) is 4.90 Å². The predicted molar refractivity (Wildman–Crippen MR) is 148 cm³/mol. The smallest absolute Gasteiger partial charge is 0.343 e. The molecule has 0 bridgehead atoms. The molecule has 4 rings (SSSR count). The number of hydrazone groups is 1. The maximum atomic E-state index is 12.5. The molecule has 11 heteroatoms. The zero-order chi connectivity index (χ0) is 27.8. The number of ether oxygens (including phenoxy) is 2. The molecule has 2 N–H and O–H groups in total. The van der Waals surface area contributed by atoms with Crippen LogP contribution in [-0.4, -0.2) is 33.6 Å². The Labute approximate surface area is 230 Å². The molecule has 0 aliphatic carbocycles. The van der Waals surface area contributed by atoms with E-state index in [0.29, 0.717) is 27.6 Å². The van der Waals surface area contributed by atoms with Gasteiger partial charge in [0.05, 0.1) is 23.8 Å². The second kappa shape index (κ2) is 12.2. The average Bonchev–Trinajstić information content (AvgIpc) is 2.94. The van der Waals surface area contributed by atoms with E-state index < -0.39 is 21.9 Å². The van der Waals surface area contributed by atoms with Gasteiger partial charge in [0.15, 0.2) is 11.5 Å². The third-order valence-corrected chi connectivity index (χ3v) is 6.95. The second-order valence-corrected chi connectivity index (χ2v) is 10.1. The molecule has 0 aliphatic rings. The summed E-state index contributed by atoms with van der Waals surface area (Å²) in [5.41, 5.74) is 3.89. The molecule has 0 spiro atoms. The molecule has 4 aromatic rings. The van der Waals surface area contributed by atoms with Crippen LogP contribution in [0.2, 0.25) is 5.02 Å². The molecule has 0 heterocycles. The molecule has 0 aromatic heterocycles. The first-order valence-corrected chi connectivity index (χ1v) is 13.3. The number of amides is 1. The molecule has 0 saturated heterocycles. The van der Waals surface area contributed by atoms with Crippen LogP contribution < -0.4 is 19.6 Å². The lowest BCUT2D eigenvalue weighted by molar-refractivity contribution is 0.0729. The number of hydrogen-bond donors (Lipinski definition) is 2. The van der Waals surface area contributed by atoms with E-state index in [0.717, 1.165) is 0 Å². The molecule has 0 fully saturated rings. The van der Waals surface area contributed by atoms with E-state index in [2.05, 4.69) is 15.2 Å². The van der Waals surface area contributed by atoms with Gasteiger partial charge in [-0.2, -0.15) is 5.10 Å². The quantitative estimate of drug-likeness (QED) is 0.126. The van der Waals surface area contributed by atoms with Crippen molar-refractivity contribution in [1.82, 2.24) is 5.43 Å². The fourth-order valence-electron chi connectivity index (χ4n) is 3.33. The van der Waals surface area contributed by atoms with Gasteiger partial charge in [0, 0.05) is 16.3 Å². The molecule has 0 unspecified atom stereocenters. The molecule has 198 valence electrons. The third kappa shape index (κ3) is 7.22. The lowest BCUT2D eigenvalue weighted by Crippen LogP contribution is -2.18. The largest absolute Gasteiger partial charge is 0.493 e. The maximum absolute atomic E-state index is 12.5. The highest BCUT2D eigenvalue weighted by molar-refractivity contribution is 7.92. The maximum Gasteiger partial charge on any atom is 0.343 e. The number of carbonyl (C=O) groups excluding carboxylic acids is 2. The summed E-state index contributed by atoms with van der Waals surface area (Å²) in [4.78, 5) is 25.0. The Morgan fingerprint density at radius 1 is 0.846 bits per heavy atom. The Balaban J connectivity index is 1.36. The van der Waals surface area contributed by atoms with Crippen molar-refractivity contribution in [2.24, 2.45) is 5.10 Å². The lowest BCUT2D eigenvalue weighted by Gasteiger charge is -2.10. The van der Waals surface area contributed by atoms with Crippen molar-refractivity contribution < 1.29 is 27.5 Å². The van der Waals surface area contributed by atoms with Gasteiger partial charge >= 0.3 is 5.97 Å². The standard InChI is InChI=1S/C28H22ClN3O6S/c1-37-26-17-19(7-16-25(26)38-28(34)21-8-12-22(29)13-9-21)18-30-31-27(33)20-10-14-23(15-11-20)32-39(35,36)24-5-3-2-4-6-24/h2-18,32H,1H3,(H,31,33). The first kappa shape index (κ1) is 27.4. The first-order chi connectivity index (χ1) is 18.7. The normalized spacial score (nSPS) is 11.1. The van der Waals surface area contributed by atoms with E-state index in [-0.39, 0.29) is 16.2 Å². The number of rotatable bonds is 9. The van der Waals surface area contributed by atoms with E-state index in [4.69, 9.17) is 21.1 Å². The Morgan fingerprint density at radius 2 is 1.51 bits per heavy atom. The average molecular weight is 564 g/mol. The van der Waals surface area contributed by atoms with Crippen LogP contribution in [0, 0.1) is 0 Å². The minimum Gasteiger partial charge on any atom is -0.493 e. The first-order valence-electron chi connectivity index (χ1n) is 11.4. The van der Waals surface area contributed by atoms with Gasteiger partial charge in [0.25, 0.3) is 15.9 Å². The number of esters is 1. The van der Waals surface area contributed by atoms with Crippen LogP contribution in [0.4, 0.5) is 5.69 Å². The van der Waals surface area contributed by atoms with Gasteiger partial charge in [-0.3, -0.25) is 9.52 Å². The highest BCUT2D eigenvalue weighted by Gasteiger charge is 2.15. The number of hydrogen-bond acceptors (Lipinski definition) is 7. The molecule has 9 nitrogen and oxygen atoms in total. The van der Waals surface area contributed by atoms with Crippen LogP contribution in [0.3, 0.4) is 0 Å². The molecular formula is C28H22ClN3O6S. The topological polar surface area (TPSA) is 123 Å². The summed E-state index contributed by atoms with van der Waals surface area (Å²) >= 11 is 5.85. The SMILES string of the molecule is COc1cc(C=NNC(=O)c2ccc(NS(=O)(=O)c3ccccc3)cc2)ccc1OC(=O)c1ccc(Cl)cc1. The van der Waals surface area contributed by atoms with E-state index in [1.165, 1.54) is 49.7 Å². The van der Waals surface area contributed by atoms with E-state index in [9.17, 15) is 18.0 Å². The zero-order valence-electron chi connectivity index (χ0n) is 20.5. The van der Waals surface area contributed by atoms with Gasteiger partial charge < -0.3 is 9.47 Å². The molecule has 0 aliphatic heterocycles. The van der Waals surface area contributed by atoms with Crippen molar-refractivity contribution >= 4 is 45.4 Å². The second-order valence-electron chi connectivity index (χ2n) is 8.00. The van der Waals surface area contributed by atoms with Gasteiger partial charge in [-0.25, -0.2) is 18.6 Å². The summed E-state index contributed by atoms with van der Waals surface area (Å²) < 4.78 is 38.1. The molecule has 4 aromatic carbocycles. The lowest BCUT2D eigenvalue weighted by atomic mass is 10.2. The molecule has 39 heavy (non-hydrogen) atoms. The molecule has 1 amide bonds. The van der Waals surface area contributed by atoms with Crippen molar-refractivity contribution in [3.63, 3.8) is 0 Å². The minimum absolute atomic E-state index is 0.130. The molecule has 0 radical (unpaired) electrons. The number of anilines is 1. The highest BCUT2D eigenvalue weighted by Crippen LogP contribution is 2.28. The number of halogens is 1. The summed E-state index contributed by atoms with van der Waals surface area (Å²) in [5, 5.41) is 4.45. The monoisotopic (exact) mass is 563 g/mol. The van der Waals surface area contributed by atoms with Gasteiger partial charge in [-0.15, -0.1) is 0 Å². The number of sulfonamides is 1. The fraction of sp³-hybridized carbons (Fsp3) is 0.0357. The summed E-state index contributed by atoms with van der Waals surface area (Å²) in [7, 11) is -2.31. The van der Waals surface area contributed by atoms with Gasteiger partial charge in [0.2, 0.25) is 0 Å². The van der Waals surface area contributed by atoms with Gasteiger partial charge in [-0.05, 0) is 84.4 Å². The number of carbonyl (C=O) groups is 2. The van der Waals surface area contributed by atoms with Crippen LogP contribution >= 0.6 is 11.6 Å². The Bertz CT molecular complexity index is 1610. The summed E-state index contributed by atoms with van der Waals surface area (Å²) in [6.07, 6.45) is 1.40. The van der Waals surface area contributed by atoms with Crippen molar-refractivity contribution in [3.05, 3.63) is 119 Å². The summed E-state index contributed by atoms with van der Waals surface area (Å²) in [5.74, 6) is -0.565. The third-order valence-electron chi connectivity index (χ3n) is 5.30. The predicted octanol–water partition coefficient (Wildman–Crippen LogP) is 5.13. The van der Waals surface area contributed by atoms with E-state index >= 15 is 0 Å². The summed E-state index contributed by atoms with van der Waals surface area (Å²) in [6, 6.07) is 24.9. The van der Waals surface area contributed by atoms with E-state index in [1.807, 2.05) is 0 Å². The number of benzene rings is 4. The number of methoxy groups -OCH3 is 1. The van der Waals surface area contributed by atoms with Crippen LogP contribution in [0.5, 0.6) is 11.5 Å². The summed E-state index contributed by atoms with van der Waals surface area (Å²) in [6.45, 7) is 0. The zero-order valence-corrected chi connectivity index (χ0v) is 22.1. The van der Waals surface area contributed by atoms with Gasteiger partial charge in [-0.1, -0.05) is 29.8 Å². The van der Waals surface area contributed by atoms with E-state index in [1.54, 1.807) is 60.7 Å². The van der Waals surface area contributed by atoms with Crippen LogP contribution in [0.15, 0.2) is 107 Å². The Kier molecular flexibility index (Phi) is 8.60. The Morgan fingerprint density at radius 3 is 2.18 bits per heavy atom. The molecule has 0 saturated carbocycles. The number of nitrogens with zero attached hydrogens (tertiary/aromatic N) is 1. The van der Waals surface area contributed by atoms with Gasteiger partial charge in [0.1, 0.15) is 0 Å². The van der Waals surface area contributed by atoms with Crippen LogP contribution in [-0.2, 0) is 10.0 Å². The van der Waals surface area contributed by atoms with Crippen LogP contribution in [0.1, 0.15) is 26.3 Å². The van der Waals surface area contributed by atoms with Crippen molar-refractivity contribution in [1.29, 1.82) is 0 Å². The van der Waals surface area contributed by atoms with Crippen molar-refractivity contribution in [2.75, 3.05) is 11.8 Å². The minimum atomic E-state index is -3.74. The Hall–Kier alpha value is -4.67. The van der Waals surface area contributed by atoms with Crippen molar-refractivity contribution in [3.8, 4) is 11.5 Å². The number of nitrogens with one attached hydrogen (secondary N) is 2. The van der Waals surface area contributed by atoms with Crippen LogP contribution in [0.25, 0.3) is 0 Å². The molecule has 0 atom stereocenters.